The Morgan fingerprint density at radius 1 is 1.07 bits per heavy atom. The number of hydrogen-bond donors (Lipinski definition) is 0. The van der Waals surface area contributed by atoms with Gasteiger partial charge in [-0.15, -0.1) is 0 Å². The molecule has 8 nitrogen and oxygen atoms in total. The Bertz CT molecular complexity index is 926. The fraction of sp³-hybridized carbons (Fsp3) is 0.211. The molecule has 0 atom stereocenters. The molecule has 0 bridgehead atoms. The average molecular weight is 366 g/mol. The van der Waals surface area contributed by atoms with E-state index in [1.807, 2.05) is 24.8 Å². The van der Waals surface area contributed by atoms with Crippen molar-refractivity contribution in [3.8, 4) is 6.07 Å². The normalized spacial score (nSPS) is 10.9. The summed E-state index contributed by atoms with van der Waals surface area (Å²) in [6, 6.07) is 12.4. The topological polar surface area (TPSA) is 113 Å². The highest BCUT2D eigenvalue weighted by atomic mass is 16.6. The van der Waals surface area contributed by atoms with Crippen LogP contribution in [0.2, 0.25) is 0 Å². The maximum Gasteiger partial charge on any atom is 0.293 e. The fourth-order valence-electron chi connectivity index (χ4n) is 2.72. The lowest BCUT2D eigenvalue weighted by Crippen LogP contribution is -2.22. The van der Waals surface area contributed by atoms with Crippen molar-refractivity contribution in [3.63, 3.8) is 0 Å². The summed E-state index contributed by atoms with van der Waals surface area (Å²) >= 11 is 0. The fourth-order valence-corrected chi connectivity index (χ4v) is 2.72. The first-order valence-electron chi connectivity index (χ1n) is 8.31. The Balaban J connectivity index is 2.46. The predicted octanol–water partition coefficient (Wildman–Crippen LogP) is 4.41. The third-order valence-electron chi connectivity index (χ3n) is 4.12. The number of nitrogens with zero attached hydrogens (tertiary/aromatic N) is 4. The Morgan fingerprint density at radius 2 is 1.70 bits per heavy atom. The van der Waals surface area contributed by atoms with E-state index < -0.39 is 9.85 Å². The maximum atomic E-state index is 11.5. The van der Waals surface area contributed by atoms with Gasteiger partial charge in [-0.2, -0.15) is 5.26 Å². The molecule has 0 fully saturated rings. The number of non-ortho nitro benzene ring substituents is 1. The lowest BCUT2D eigenvalue weighted by molar-refractivity contribution is -0.384. The van der Waals surface area contributed by atoms with Gasteiger partial charge in [-0.3, -0.25) is 20.2 Å². The second-order valence-corrected chi connectivity index (χ2v) is 5.65. The average Bonchev–Trinajstić information content (AvgIpc) is 2.67. The van der Waals surface area contributed by atoms with Crippen LogP contribution < -0.4 is 4.90 Å². The molecule has 0 N–H and O–H groups in total. The van der Waals surface area contributed by atoms with Crippen LogP contribution in [0.25, 0.3) is 11.6 Å². The van der Waals surface area contributed by atoms with E-state index in [1.54, 1.807) is 12.1 Å². The summed E-state index contributed by atoms with van der Waals surface area (Å²) in [4.78, 5) is 23.1. The molecule has 8 heteroatoms. The zero-order valence-corrected chi connectivity index (χ0v) is 15.0. The summed E-state index contributed by atoms with van der Waals surface area (Å²) in [6.45, 7) is 5.12. The van der Waals surface area contributed by atoms with Gasteiger partial charge in [0.2, 0.25) is 0 Å². The molecule has 0 unspecified atom stereocenters. The zero-order valence-electron chi connectivity index (χ0n) is 15.0. The minimum atomic E-state index is -0.519. The Morgan fingerprint density at radius 3 is 2.19 bits per heavy atom. The van der Waals surface area contributed by atoms with E-state index in [2.05, 4.69) is 0 Å². The highest BCUT2D eigenvalue weighted by Gasteiger charge is 2.18. The minimum absolute atomic E-state index is 0.0339. The van der Waals surface area contributed by atoms with E-state index in [-0.39, 0.29) is 16.9 Å². The van der Waals surface area contributed by atoms with Crippen molar-refractivity contribution in [1.82, 2.24) is 0 Å². The Labute approximate surface area is 156 Å². The van der Waals surface area contributed by atoms with Crippen molar-refractivity contribution in [2.75, 3.05) is 18.0 Å². The quantitative estimate of drug-likeness (QED) is 0.310. The SMILES string of the molecule is CCN(CC)c1ccc(C=C(C#N)c2ccc([N+](=O)[O-])cc2)cc1[N+](=O)[O-]. The summed E-state index contributed by atoms with van der Waals surface area (Å²) in [6.07, 6.45) is 1.53. The standard InChI is InChI=1S/C19H18N4O4/c1-3-21(4-2)18-10-5-14(12-19(18)23(26)27)11-16(13-20)15-6-8-17(9-7-15)22(24)25/h5-12H,3-4H2,1-2H3. The molecule has 0 saturated heterocycles. The van der Waals surface area contributed by atoms with Crippen molar-refractivity contribution in [1.29, 1.82) is 5.26 Å². The number of nitro groups is 2. The third kappa shape index (κ3) is 4.46. The van der Waals surface area contributed by atoms with E-state index in [0.717, 1.165) is 0 Å². The first kappa shape index (κ1) is 19.6. The molecule has 0 radical (unpaired) electrons. The molecule has 0 aliphatic carbocycles. The molecule has 0 amide bonds. The lowest BCUT2D eigenvalue weighted by atomic mass is 10.0. The molecule has 0 spiro atoms. The number of anilines is 1. The summed E-state index contributed by atoms with van der Waals surface area (Å²) in [5.41, 5.74) is 1.68. The molecule has 27 heavy (non-hydrogen) atoms. The van der Waals surface area contributed by atoms with Gasteiger partial charge < -0.3 is 4.90 Å². The molecule has 2 rings (SSSR count). The summed E-state index contributed by atoms with van der Waals surface area (Å²) in [5, 5.41) is 31.6. The van der Waals surface area contributed by atoms with Crippen LogP contribution in [0.4, 0.5) is 17.1 Å². The largest absolute Gasteiger partial charge is 0.367 e. The van der Waals surface area contributed by atoms with Crippen LogP contribution >= 0.6 is 0 Å². The van der Waals surface area contributed by atoms with E-state index in [0.29, 0.717) is 29.9 Å². The van der Waals surface area contributed by atoms with E-state index in [1.165, 1.54) is 36.4 Å². The van der Waals surface area contributed by atoms with Crippen LogP contribution in [0.15, 0.2) is 42.5 Å². The third-order valence-corrected chi connectivity index (χ3v) is 4.12. The lowest BCUT2D eigenvalue weighted by Gasteiger charge is -2.20. The molecule has 0 aromatic heterocycles. The van der Waals surface area contributed by atoms with Crippen LogP contribution in [0.5, 0.6) is 0 Å². The van der Waals surface area contributed by atoms with Gasteiger partial charge >= 0.3 is 0 Å². The van der Waals surface area contributed by atoms with Gasteiger partial charge in [-0.25, -0.2) is 0 Å². The molecular weight excluding hydrogens is 348 g/mol. The van der Waals surface area contributed by atoms with E-state index in [4.69, 9.17) is 0 Å². The number of rotatable bonds is 7. The first-order valence-corrected chi connectivity index (χ1v) is 8.31. The van der Waals surface area contributed by atoms with E-state index in [9.17, 15) is 25.5 Å². The molecule has 2 aromatic carbocycles. The number of benzene rings is 2. The number of nitriles is 1. The predicted molar refractivity (Wildman–Crippen MR) is 103 cm³/mol. The van der Waals surface area contributed by atoms with Crippen LogP contribution in [-0.2, 0) is 0 Å². The monoisotopic (exact) mass is 366 g/mol. The molecule has 2 aromatic rings. The molecule has 0 saturated carbocycles. The van der Waals surface area contributed by atoms with Gasteiger partial charge in [-0.1, -0.05) is 6.07 Å². The van der Waals surface area contributed by atoms with Gasteiger partial charge in [-0.05, 0) is 49.2 Å². The van der Waals surface area contributed by atoms with Gasteiger partial charge in [0.05, 0.1) is 21.5 Å². The van der Waals surface area contributed by atoms with Gasteiger partial charge in [0.1, 0.15) is 5.69 Å². The second kappa shape index (κ2) is 8.58. The van der Waals surface area contributed by atoms with Crippen molar-refractivity contribution >= 4 is 28.7 Å². The minimum Gasteiger partial charge on any atom is -0.367 e. The van der Waals surface area contributed by atoms with Crippen LogP contribution in [0.1, 0.15) is 25.0 Å². The zero-order chi connectivity index (χ0) is 20.0. The highest BCUT2D eigenvalue weighted by Crippen LogP contribution is 2.31. The maximum absolute atomic E-state index is 11.5. The Kier molecular flexibility index (Phi) is 6.23. The molecular formula is C19H18N4O4. The molecule has 138 valence electrons. The van der Waals surface area contributed by atoms with Crippen molar-refractivity contribution < 1.29 is 9.85 Å². The van der Waals surface area contributed by atoms with Crippen LogP contribution in [0, 0.1) is 31.6 Å². The molecule has 0 heterocycles. The van der Waals surface area contributed by atoms with Crippen LogP contribution in [0.3, 0.4) is 0 Å². The highest BCUT2D eigenvalue weighted by molar-refractivity contribution is 5.90. The van der Waals surface area contributed by atoms with Gasteiger partial charge in [0.15, 0.2) is 0 Å². The summed E-state index contributed by atoms with van der Waals surface area (Å²) in [5.74, 6) is 0. The number of nitro benzene ring substituents is 2. The second-order valence-electron chi connectivity index (χ2n) is 5.65. The van der Waals surface area contributed by atoms with Crippen LogP contribution in [-0.4, -0.2) is 22.9 Å². The van der Waals surface area contributed by atoms with Crippen molar-refractivity contribution in [2.45, 2.75) is 13.8 Å². The summed E-state index contributed by atoms with van der Waals surface area (Å²) < 4.78 is 0. The molecule has 0 aliphatic heterocycles. The van der Waals surface area contributed by atoms with E-state index >= 15 is 0 Å². The van der Waals surface area contributed by atoms with Crippen molar-refractivity contribution in [3.05, 3.63) is 73.8 Å². The Hall–Kier alpha value is -3.73. The van der Waals surface area contributed by atoms with Gasteiger partial charge in [0.25, 0.3) is 11.4 Å². The number of hydrogen-bond acceptors (Lipinski definition) is 6. The first-order chi connectivity index (χ1) is 12.9. The number of allylic oxidation sites excluding steroid dienone is 1. The van der Waals surface area contributed by atoms with Gasteiger partial charge in [0, 0.05) is 31.3 Å². The molecule has 0 aliphatic rings. The smallest absolute Gasteiger partial charge is 0.293 e. The van der Waals surface area contributed by atoms with Crippen molar-refractivity contribution in [2.24, 2.45) is 0 Å². The summed E-state index contributed by atoms with van der Waals surface area (Å²) in [7, 11) is 0.